The van der Waals surface area contributed by atoms with Crippen LogP contribution in [0.3, 0.4) is 0 Å². The van der Waals surface area contributed by atoms with Crippen LogP contribution in [0.15, 0.2) is 0 Å². The molecule has 3 fully saturated rings. The molecule has 98 valence electrons. The van der Waals surface area contributed by atoms with Gasteiger partial charge in [-0.3, -0.25) is 0 Å². The Balaban J connectivity index is 1.95. The zero-order valence-corrected chi connectivity index (χ0v) is 11.3. The molecule has 0 spiro atoms. The number of rotatable bonds is 1. The summed E-state index contributed by atoms with van der Waals surface area (Å²) in [6.07, 6.45) is 4.56. The van der Waals surface area contributed by atoms with E-state index in [1.807, 2.05) is 0 Å². The van der Waals surface area contributed by atoms with Gasteiger partial charge in [0.05, 0.1) is 5.60 Å². The lowest BCUT2D eigenvalue weighted by molar-refractivity contribution is 0.0809. The van der Waals surface area contributed by atoms with E-state index in [4.69, 9.17) is 0 Å². The first-order valence-electron chi connectivity index (χ1n) is 7.26. The fourth-order valence-electron chi connectivity index (χ4n) is 5.35. The van der Waals surface area contributed by atoms with Crippen molar-refractivity contribution < 1.29 is 10.2 Å². The van der Waals surface area contributed by atoms with Crippen LogP contribution in [0.5, 0.6) is 0 Å². The molecule has 0 aromatic rings. The van der Waals surface area contributed by atoms with Crippen LogP contribution in [0.1, 0.15) is 46.5 Å². The molecule has 3 saturated carbocycles. The van der Waals surface area contributed by atoms with E-state index < -0.39 is 5.60 Å². The SMILES string of the molecule is C[C@@H]1CC[C@@]2(O)[C@H]([C@@H]3[C@H](CO)CC[C@H]31)C2(C)C. The monoisotopic (exact) mass is 238 g/mol. The van der Waals surface area contributed by atoms with Gasteiger partial charge in [0.25, 0.3) is 0 Å². The molecule has 0 aromatic heterocycles. The van der Waals surface area contributed by atoms with Crippen molar-refractivity contribution in [2.24, 2.45) is 35.0 Å². The lowest BCUT2D eigenvalue weighted by Crippen LogP contribution is -2.25. The molecule has 3 aliphatic carbocycles. The zero-order valence-electron chi connectivity index (χ0n) is 11.3. The third kappa shape index (κ3) is 1.34. The second-order valence-electron chi connectivity index (χ2n) is 7.40. The maximum atomic E-state index is 10.9. The van der Waals surface area contributed by atoms with Crippen LogP contribution < -0.4 is 0 Å². The number of hydrogen-bond donors (Lipinski definition) is 2. The van der Waals surface area contributed by atoms with Gasteiger partial charge in [-0.25, -0.2) is 0 Å². The number of aliphatic hydroxyl groups excluding tert-OH is 1. The van der Waals surface area contributed by atoms with Crippen LogP contribution in [0.25, 0.3) is 0 Å². The Hall–Kier alpha value is -0.0800. The normalized spacial score (nSPS) is 55.9. The molecule has 6 atom stereocenters. The predicted molar refractivity (Wildman–Crippen MR) is 67.4 cm³/mol. The number of fused-ring (bicyclic) bond motifs is 3. The van der Waals surface area contributed by atoms with Crippen molar-refractivity contribution >= 4 is 0 Å². The number of hydrogen-bond acceptors (Lipinski definition) is 2. The highest BCUT2D eigenvalue weighted by atomic mass is 16.3. The highest BCUT2D eigenvalue weighted by Crippen LogP contribution is 2.73. The van der Waals surface area contributed by atoms with Crippen molar-refractivity contribution in [2.45, 2.75) is 52.1 Å². The molecule has 0 unspecified atom stereocenters. The Morgan fingerprint density at radius 2 is 1.88 bits per heavy atom. The molecule has 0 aromatic carbocycles. The van der Waals surface area contributed by atoms with Crippen LogP contribution in [-0.4, -0.2) is 22.4 Å². The number of aliphatic hydroxyl groups is 2. The first-order chi connectivity index (χ1) is 7.93. The van der Waals surface area contributed by atoms with Crippen LogP contribution in [-0.2, 0) is 0 Å². The van der Waals surface area contributed by atoms with E-state index in [0.29, 0.717) is 24.4 Å². The lowest BCUT2D eigenvalue weighted by Gasteiger charge is -2.28. The zero-order chi connectivity index (χ0) is 12.4. The van der Waals surface area contributed by atoms with Gasteiger partial charge in [-0.1, -0.05) is 20.8 Å². The predicted octanol–water partition coefficient (Wildman–Crippen LogP) is 2.44. The second kappa shape index (κ2) is 3.48. The standard InChI is InChI=1S/C15H26O2/c1-9-6-7-15(17)13(14(15,2)3)12-10(8-16)4-5-11(9)12/h9-13,16-17H,4-8H2,1-3H3/t9-,10+,11+,12-,13-,15-/m1/s1. The Morgan fingerprint density at radius 3 is 2.53 bits per heavy atom. The molecule has 0 aliphatic heterocycles. The van der Waals surface area contributed by atoms with E-state index in [2.05, 4.69) is 20.8 Å². The van der Waals surface area contributed by atoms with E-state index in [1.165, 1.54) is 12.8 Å². The van der Waals surface area contributed by atoms with Gasteiger partial charge in [-0.2, -0.15) is 0 Å². The van der Waals surface area contributed by atoms with Gasteiger partial charge in [0.15, 0.2) is 0 Å². The maximum Gasteiger partial charge on any atom is 0.0739 e. The molecule has 3 rings (SSSR count). The fraction of sp³-hybridized carbons (Fsp3) is 1.00. The first kappa shape index (κ1) is 12.0. The van der Waals surface area contributed by atoms with Crippen molar-refractivity contribution in [1.82, 2.24) is 0 Å². The topological polar surface area (TPSA) is 40.5 Å². The maximum absolute atomic E-state index is 10.9. The van der Waals surface area contributed by atoms with Crippen molar-refractivity contribution in [3.8, 4) is 0 Å². The molecule has 2 N–H and O–H groups in total. The molecule has 0 bridgehead atoms. The van der Waals surface area contributed by atoms with Crippen LogP contribution >= 0.6 is 0 Å². The minimum atomic E-state index is -0.432. The summed E-state index contributed by atoms with van der Waals surface area (Å²) in [5.41, 5.74) is -0.355. The quantitative estimate of drug-likeness (QED) is 0.736. The minimum Gasteiger partial charge on any atom is -0.396 e. The summed E-state index contributed by atoms with van der Waals surface area (Å²) in [5, 5.41) is 20.4. The molecule has 0 radical (unpaired) electrons. The summed E-state index contributed by atoms with van der Waals surface area (Å²) < 4.78 is 0. The molecule has 0 saturated heterocycles. The molecular formula is C15H26O2. The van der Waals surface area contributed by atoms with E-state index >= 15 is 0 Å². The fourth-order valence-corrected chi connectivity index (χ4v) is 5.35. The van der Waals surface area contributed by atoms with Crippen molar-refractivity contribution in [3.05, 3.63) is 0 Å². The summed E-state index contributed by atoms with van der Waals surface area (Å²) in [6.45, 7) is 7.10. The Labute approximate surface area is 104 Å². The minimum absolute atomic E-state index is 0.0772. The van der Waals surface area contributed by atoms with Gasteiger partial charge in [0, 0.05) is 6.61 Å². The van der Waals surface area contributed by atoms with Crippen LogP contribution in [0.4, 0.5) is 0 Å². The van der Waals surface area contributed by atoms with E-state index in [9.17, 15) is 10.2 Å². The van der Waals surface area contributed by atoms with Crippen molar-refractivity contribution in [2.75, 3.05) is 6.61 Å². The van der Waals surface area contributed by atoms with Gasteiger partial charge < -0.3 is 10.2 Å². The average Bonchev–Trinajstić information content (AvgIpc) is 2.61. The largest absolute Gasteiger partial charge is 0.396 e. The Kier molecular flexibility index (Phi) is 2.45. The summed E-state index contributed by atoms with van der Waals surface area (Å²) in [7, 11) is 0. The molecular weight excluding hydrogens is 212 g/mol. The van der Waals surface area contributed by atoms with Gasteiger partial charge in [0.2, 0.25) is 0 Å². The van der Waals surface area contributed by atoms with Crippen molar-refractivity contribution in [1.29, 1.82) is 0 Å². The van der Waals surface area contributed by atoms with Crippen molar-refractivity contribution in [3.63, 3.8) is 0 Å². The smallest absolute Gasteiger partial charge is 0.0739 e. The third-order valence-electron chi connectivity index (χ3n) is 6.57. The first-order valence-corrected chi connectivity index (χ1v) is 7.26. The molecule has 3 aliphatic rings. The summed E-state index contributed by atoms with van der Waals surface area (Å²) in [5.74, 6) is 2.91. The summed E-state index contributed by atoms with van der Waals surface area (Å²) in [6, 6.07) is 0. The lowest BCUT2D eigenvalue weighted by atomic mass is 9.77. The van der Waals surface area contributed by atoms with Gasteiger partial charge in [-0.05, 0) is 60.7 Å². The summed E-state index contributed by atoms with van der Waals surface area (Å²) in [4.78, 5) is 0. The highest BCUT2D eigenvalue weighted by molar-refractivity contribution is 5.24. The van der Waals surface area contributed by atoms with Gasteiger partial charge >= 0.3 is 0 Å². The third-order valence-corrected chi connectivity index (χ3v) is 6.57. The second-order valence-corrected chi connectivity index (χ2v) is 7.40. The molecule has 17 heavy (non-hydrogen) atoms. The van der Waals surface area contributed by atoms with E-state index in [0.717, 1.165) is 24.7 Å². The van der Waals surface area contributed by atoms with Gasteiger partial charge in [0.1, 0.15) is 0 Å². The van der Waals surface area contributed by atoms with Crippen LogP contribution in [0.2, 0.25) is 0 Å². The molecule has 0 amide bonds. The highest BCUT2D eigenvalue weighted by Gasteiger charge is 2.75. The Bertz CT molecular complexity index is 325. The van der Waals surface area contributed by atoms with Crippen LogP contribution in [0, 0.1) is 35.0 Å². The van der Waals surface area contributed by atoms with Gasteiger partial charge in [-0.15, -0.1) is 0 Å². The summed E-state index contributed by atoms with van der Waals surface area (Å²) >= 11 is 0. The molecule has 2 nitrogen and oxygen atoms in total. The van der Waals surface area contributed by atoms with E-state index in [1.54, 1.807) is 0 Å². The molecule has 0 heterocycles. The molecule has 2 heteroatoms. The Morgan fingerprint density at radius 1 is 1.18 bits per heavy atom. The van der Waals surface area contributed by atoms with E-state index in [-0.39, 0.29) is 5.41 Å². The average molecular weight is 238 g/mol.